The number of nitrogens with one attached hydrogen (secondary N) is 1. The zero-order valence-electron chi connectivity index (χ0n) is 11.5. The molecule has 20 heavy (non-hydrogen) atoms. The number of aliphatic hydroxyl groups excluding tert-OH is 3. The van der Waals surface area contributed by atoms with Crippen LogP contribution >= 0.6 is 0 Å². The molecule has 112 valence electrons. The molecule has 1 aromatic heterocycles. The van der Waals surface area contributed by atoms with Crippen LogP contribution in [-0.4, -0.2) is 55.8 Å². The van der Waals surface area contributed by atoms with Gasteiger partial charge in [-0.3, -0.25) is 14.3 Å². The molecule has 1 aliphatic heterocycles. The van der Waals surface area contributed by atoms with Gasteiger partial charge in [0.1, 0.15) is 17.8 Å². The topological polar surface area (TPSA) is 151 Å². The lowest BCUT2D eigenvalue weighted by Crippen LogP contribution is -2.47. The average molecular weight is 288 g/mol. The molecule has 0 bridgehead atoms. The van der Waals surface area contributed by atoms with E-state index in [1.807, 2.05) is 4.98 Å². The minimum absolute atomic E-state index is 0.240. The molecular formula is C11H17N3O6. The highest BCUT2D eigenvalue weighted by molar-refractivity contribution is 5.02. The molecule has 5 atom stereocenters. The molecule has 0 radical (unpaired) electrons. The van der Waals surface area contributed by atoms with Crippen LogP contribution in [0.5, 0.6) is 0 Å². The third-order valence-corrected chi connectivity index (χ3v) is 3.37. The number of ether oxygens (including phenoxy) is 1. The highest BCUT2D eigenvalue weighted by Gasteiger charge is 2.54. The van der Waals surface area contributed by atoms with Crippen molar-refractivity contribution in [3.8, 4) is 0 Å². The lowest BCUT2D eigenvalue weighted by molar-refractivity contribution is -0.131. The number of rotatable bonds is 4. The van der Waals surface area contributed by atoms with Crippen LogP contribution in [0.15, 0.2) is 21.9 Å². The molecule has 2 heterocycles. The largest absolute Gasteiger partial charge is 0.393 e. The standard InChI is InChI=1S/C11H17N3O6/c12-3-2-11(5-15)8(18)7(17)9(20-11)14-4-1-6(16)13-10(14)19/h1,4,7-9,15,17-18H,2-3,5,12H2,(H,13,16,19)/t7-,8+,9-,11-/m1/s1/i3D/t3?,7-,8+,9-,11-. The fourth-order valence-corrected chi connectivity index (χ4v) is 2.26. The predicted molar refractivity (Wildman–Crippen MR) is 66.9 cm³/mol. The van der Waals surface area contributed by atoms with Gasteiger partial charge in [-0.1, -0.05) is 0 Å². The number of H-pyrrole nitrogens is 1. The summed E-state index contributed by atoms with van der Waals surface area (Å²) < 4.78 is 13.7. The molecule has 0 spiro atoms. The molecule has 1 aliphatic rings. The Morgan fingerprint density at radius 2 is 2.25 bits per heavy atom. The van der Waals surface area contributed by atoms with Crippen LogP contribution in [0.1, 0.15) is 14.0 Å². The van der Waals surface area contributed by atoms with Crippen molar-refractivity contribution in [2.45, 2.75) is 30.5 Å². The quantitative estimate of drug-likeness (QED) is 0.393. The van der Waals surface area contributed by atoms with E-state index in [4.69, 9.17) is 11.8 Å². The smallest absolute Gasteiger partial charge is 0.330 e. The minimum Gasteiger partial charge on any atom is -0.393 e. The van der Waals surface area contributed by atoms with Crippen LogP contribution in [0.4, 0.5) is 0 Å². The lowest BCUT2D eigenvalue weighted by atomic mass is 9.92. The lowest BCUT2D eigenvalue weighted by Gasteiger charge is -2.29. The van der Waals surface area contributed by atoms with Crippen molar-refractivity contribution in [2.75, 3.05) is 13.1 Å². The van der Waals surface area contributed by atoms with Crippen LogP contribution in [0.3, 0.4) is 0 Å². The van der Waals surface area contributed by atoms with Gasteiger partial charge in [-0.2, -0.15) is 0 Å². The van der Waals surface area contributed by atoms with Gasteiger partial charge in [0, 0.05) is 13.6 Å². The Bertz CT molecular complexity index is 616. The van der Waals surface area contributed by atoms with Gasteiger partial charge >= 0.3 is 5.69 Å². The van der Waals surface area contributed by atoms with Crippen molar-refractivity contribution in [3.63, 3.8) is 0 Å². The Labute approximate surface area is 114 Å². The summed E-state index contributed by atoms with van der Waals surface area (Å²) >= 11 is 0. The summed E-state index contributed by atoms with van der Waals surface area (Å²) in [6.45, 7) is -1.84. The highest BCUT2D eigenvalue weighted by Crippen LogP contribution is 2.38. The van der Waals surface area contributed by atoms with E-state index >= 15 is 0 Å². The Morgan fingerprint density at radius 1 is 1.55 bits per heavy atom. The first-order chi connectivity index (χ1) is 9.80. The van der Waals surface area contributed by atoms with Crippen LogP contribution in [0.2, 0.25) is 0 Å². The van der Waals surface area contributed by atoms with Gasteiger partial charge in [0.15, 0.2) is 6.23 Å². The number of aromatic amines is 1. The summed E-state index contributed by atoms with van der Waals surface area (Å²) in [5.41, 5.74) is 2.24. The SMILES string of the molecule is [2H]C(N)C[C@]1(CO)O[C@@H](n2ccc(=O)[nH]c2=O)[C@H](O)[C@@H]1O. The van der Waals surface area contributed by atoms with Gasteiger partial charge in [-0.25, -0.2) is 4.79 Å². The van der Waals surface area contributed by atoms with Crippen molar-refractivity contribution >= 4 is 0 Å². The third-order valence-electron chi connectivity index (χ3n) is 3.37. The molecule has 6 N–H and O–H groups in total. The number of hydrogen-bond acceptors (Lipinski definition) is 7. The van der Waals surface area contributed by atoms with Gasteiger partial charge in [-0.05, 0) is 12.9 Å². The molecular weight excluding hydrogens is 270 g/mol. The number of aromatic nitrogens is 2. The van der Waals surface area contributed by atoms with E-state index in [0.29, 0.717) is 0 Å². The number of nitrogens with zero attached hydrogens (tertiary/aromatic N) is 1. The van der Waals surface area contributed by atoms with E-state index < -0.39 is 48.4 Å². The van der Waals surface area contributed by atoms with Gasteiger partial charge < -0.3 is 25.8 Å². The molecule has 1 aromatic rings. The van der Waals surface area contributed by atoms with Crippen molar-refractivity contribution < 1.29 is 21.4 Å². The fourth-order valence-electron chi connectivity index (χ4n) is 2.26. The fraction of sp³-hybridized carbons (Fsp3) is 0.636. The zero-order chi connectivity index (χ0) is 15.8. The van der Waals surface area contributed by atoms with Gasteiger partial charge in [0.05, 0.1) is 6.61 Å². The number of nitrogens with two attached hydrogens (primary N) is 1. The van der Waals surface area contributed by atoms with E-state index in [1.165, 1.54) is 0 Å². The van der Waals surface area contributed by atoms with Crippen LogP contribution in [0, 0.1) is 0 Å². The summed E-state index contributed by atoms with van der Waals surface area (Å²) in [6, 6.07) is 1.05. The van der Waals surface area contributed by atoms with Crippen molar-refractivity contribution in [3.05, 3.63) is 33.1 Å². The highest BCUT2D eigenvalue weighted by atomic mass is 16.6. The van der Waals surface area contributed by atoms with Crippen molar-refractivity contribution in [2.24, 2.45) is 5.73 Å². The van der Waals surface area contributed by atoms with Crippen molar-refractivity contribution in [1.29, 1.82) is 0 Å². The Morgan fingerprint density at radius 3 is 2.80 bits per heavy atom. The predicted octanol–water partition coefficient (Wildman–Crippen LogP) is -3.13. The molecule has 1 saturated heterocycles. The molecule has 1 fully saturated rings. The van der Waals surface area contributed by atoms with Crippen LogP contribution < -0.4 is 17.0 Å². The molecule has 9 heteroatoms. The molecule has 0 aromatic carbocycles. The van der Waals surface area contributed by atoms with E-state index in [1.54, 1.807) is 0 Å². The van der Waals surface area contributed by atoms with E-state index in [2.05, 4.69) is 0 Å². The van der Waals surface area contributed by atoms with Gasteiger partial charge in [0.25, 0.3) is 5.56 Å². The summed E-state index contributed by atoms with van der Waals surface area (Å²) in [6.07, 6.45) is -3.51. The van der Waals surface area contributed by atoms with Gasteiger partial charge in [0.2, 0.25) is 0 Å². The Hall–Kier alpha value is -1.52. The molecule has 1 unspecified atom stereocenters. The molecule has 9 nitrogen and oxygen atoms in total. The van der Waals surface area contributed by atoms with E-state index in [-0.39, 0.29) is 6.42 Å². The summed E-state index contributed by atoms with van der Waals surface area (Å²) in [5.74, 6) is 0. The number of aliphatic hydroxyl groups is 3. The molecule has 0 amide bonds. The summed E-state index contributed by atoms with van der Waals surface area (Å²) in [7, 11) is 0. The average Bonchev–Trinajstić information content (AvgIpc) is 2.64. The summed E-state index contributed by atoms with van der Waals surface area (Å²) in [4.78, 5) is 24.7. The maximum absolute atomic E-state index is 11.7. The maximum Gasteiger partial charge on any atom is 0.330 e. The first kappa shape index (κ1) is 13.5. The monoisotopic (exact) mass is 288 g/mol. The Balaban J connectivity index is 2.39. The van der Waals surface area contributed by atoms with Gasteiger partial charge in [-0.15, -0.1) is 0 Å². The maximum atomic E-state index is 11.7. The zero-order valence-corrected chi connectivity index (χ0v) is 10.5. The Kier molecular flexibility index (Phi) is 3.68. The second-order valence-corrected chi connectivity index (χ2v) is 4.62. The summed E-state index contributed by atoms with van der Waals surface area (Å²) in [5, 5.41) is 29.6. The number of hydrogen-bond donors (Lipinski definition) is 5. The second-order valence-electron chi connectivity index (χ2n) is 4.62. The normalized spacial score (nSPS) is 35.8. The van der Waals surface area contributed by atoms with Crippen molar-refractivity contribution in [1.82, 2.24) is 9.55 Å². The second kappa shape index (κ2) is 5.46. The first-order valence-electron chi connectivity index (χ1n) is 6.52. The van der Waals surface area contributed by atoms with E-state index in [9.17, 15) is 24.9 Å². The van der Waals surface area contributed by atoms with E-state index in [0.717, 1.165) is 16.8 Å². The third kappa shape index (κ3) is 2.30. The molecule has 0 saturated carbocycles. The first-order valence-corrected chi connectivity index (χ1v) is 5.95. The minimum atomic E-state index is -1.65. The molecule has 0 aliphatic carbocycles. The molecule has 2 rings (SSSR count). The van der Waals surface area contributed by atoms with Crippen LogP contribution in [-0.2, 0) is 4.74 Å². The van der Waals surface area contributed by atoms with Crippen LogP contribution in [0.25, 0.3) is 0 Å².